The lowest BCUT2D eigenvalue weighted by Gasteiger charge is -2.37. The molecule has 2 N–H and O–H groups in total. The van der Waals surface area contributed by atoms with Crippen LogP contribution < -0.4 is 10.5 Å². The zero-order valence-electron chi connectivity index (χ0n) is 16.8. The average molecular weight is 387 g/mol. The number of hydrogen-bond acceptors (Lipinski definition) is 6. The van der Waals surface area contributed by atoms with Gasteiger partial charge >= 0.3 is 0 Å². The predicted molar refractivity (Wildman–Crippen MR) is 106 cm³/mol. The molecule has 3 rings (SSSR count). The van der Waals surface area contributed by atoms with Gasteiger partial charge in [-0.05, 0) is 57.4 Å². The number of nitrogens with two attached hydrogens (primary N) is 1. The van der Waals surface area contributed by atoms with E-state index in [-0.39, 0.29) is 18.0 Å². The Balaban J connectivity index is 1.76. The van der Waals surface area contributed by atoms with Gasteiger partial charge in [0.1, 0.15) is 12.4 Å². The van der Waals surface area contributed by atoms with Gasteiger partial charge in [-0.1, -0.05) is 0 Å². The van der Waals surface area contributed by atoms with Crippen LogP contribution in [0.1, 0.15) is 42.4 Å². The first-order valence-corrected chi connectivity index (χ1v) is 9.74. The van der Waals surface area contributed by atoms with Gasteiger partial charge in [0.2, 0.25) is 0 Å². The Morgan fingerprint density at radius 2 is 2.00 bits per heavy atom. The molecule has 0 saturated carbocycles. The Bertz CT molecular complexity index is 788. The molecule has 0 bridgehead atoms. The van der Waals surface area contributed by atoms with Crippen molar-refractivity contribution in [2.24, 2.45) is 5.73 Å². The Morgan fingerprint density at radius 3 is 2.68 bits per heavy atom. The summed E-state index contributed by atoms with van der Waals surface area (Å²) in [5, 5.41) is 8.90. The summed E-state index contributed by atoms with van der Waals surface area (Å²) in [7, 11) is 1.64. The molecule has 1 aromatic heterocycles. The largest absolute Gasteiger partial charge is 0.491 e. The van der Waals surface area contributed by atoms with Gasteiger partial charge in [0.05, 0.1) is 18.0 Å². The first kappa shape index (κ1) is 20.3. The fourth-order valence-corrected chi connectivity index (χ4v) is 3.50. The van der Waals surface area contributed by atoms with E-state index >= 15 is 0 Å². The standard InChI is InChI=1S/C20H29N5O3/c1-14(21)18-6-4-5-11-24(18)20(26)19-15(2)22-25(23-19)16-7-9-17(10-8-16)28-13-12-27-3/h7-10,14,18H,4-6,11-13,21H2,1-3H3/t14-,18+/m0/s1. The van der Waals surface area contributed by atoms with Crippen molar-refractivity contribution in [3.8, 4) is 11.4 Å². The van der Waals surface area contributed by atoms with Crippen molar-refractivity contribution in [2.75, 3.05) is 26.9 Å². The van der Waals surface area contributed by atoms with Crippen LogP contribution in [0.5, 0.6) is 5.75 Å². The molecule has 2 aromatic rings. The molecular formula is C20H29N5O3. The second-order valence-electron chi connectivity index (χ2n) is 7.18. The average Bonchev–Trinajstić information content (AvgIpc) is 3.09. The Hall–Kier alpha value is -2.45. The van der Waals surface area contributed by atoms with Crippen LogP contribution in [0.3, 0.4) is 0 Å². The number of methoxy groups -OCH3 is 1. The highest BCUT2D eigenvalue weighted by molar-refractivity contribution is 5.93. The zero-order chi connectivity index (χ0) is 20.1. The van der Waals surface area contributed by atoms with Crippen LogP contribution in [0.2, 0.25) is 0 Å². The Morgan fingerprint density at radius 1 is 1.25 bits per heavy atom. The summed E-state index contributed by atoms with van der Waals surface area (Å²) in [6.45, 7) is 5.50. The van der Waals surface area contributed by atoms with Crippen molar-refractivity contribution in [3.63, 3.8) is 0 Å². The highest BCUT2D eigenvalue weighted by atomic mass is 16.5. The lowest BCUT2D eigenvalue weighted by Crippen LogP contribution is -2.51. The number of carbonyl (C=O) groups is 1. The maximum absolute atomic E-state index is 13.1. The molecule has 28 heavy (non-hydrogen) atoms. The van der Waals surface area contributed by atoms with E-state index in [9.17, 15) is 4.79 Å². The normalized spacial score (nSPS) is 18.1. The van der Waals surface area contributed by atoms with Crippen molar-refractivity contribution < 1.29 is 14.3 Å². The number of aromatic nitrogens is 3. The minimum Gasteiger partial charge on any atom is -0.491 e. The molecule has 0 spiro atoms. The number of hydrogen-bond donors (Lipinski definition) is 1. The molecule has 0 aliphatic carbocycles. The smallest absolute Gasteiger partial charge is 0.276 e. The number of likely N-dealkylation sites (tertiary alicyclic amines) is 1. The number of aryl methyl sites for hydroxylation is 1. The van der Waals surface area contributed by atoms with Crippen LogP contribution in [-0.4, -0.2) is 64.8 Å². The fourth-order valence-electron chi connectivity index (χ4n) is 3.50. The van der Waals surface area contributed by atoms with Gasteiger partial charge in [0.25, 0.3) is 5.91 Å². The van der Waals surface area contributed by atoms with Crippen LogP contribution in [0.4, 0.5) is 0 Å². The first-order chi connectivity index (χ1) is 13.5. The van der Waals surface area contributed by atoms with Gasteiger partial charge in [-0.25, -0.2) is 0 Å². The molecule has 8 heteroatoms. The van der Waals surface area contributed by atoms with E-state index in [1.165, 1.54) is 4.80 Å². The second-order valence-corrected chi connectivity index (χ2v) is 7.18. The lowest BCUT2D eigenvalue weighted by molar-refractivity contribution is 0.0576. The topological polar surface area (TPSA) is 95.5 Å². The summed E-state index contributed by atoms with van der Waals surface area (Å²) in [6, 6.07) is 7.41. The lowest BCUT2D eigenvalue weighted by atomic mass is 9.96. The highest BCUT2D eigenvalue weighted by Crippen LogP contribution is 2.22. The van der Waals surface area contributed by atoms with Crippen LogP contribution in [0, 0.1) is 6.92 Å². The maximum atomic E-state index is 13.1. The molecule has 8 nitrogen and oxygen atoms in total. The van der Waals surface area contributed by atoms with Crippen LogP contribution >= 0.6 is 0 Å². The van der Waals surface area contributed by atoms with Crippen molar-refractivity contribution in [1.29, 1.82) is 0 Å². The van der Waals surface area contributed by atoms with Crippen LogP contribution in [0.15, 0.2) is 24.3 Å². The quantitative estimate of drug-likeness (QED) is 0.730. The van der Waals surface area contributed by atoms with Gasteiger partial charge in [0.15, 0.2) is 5.69 Å². The molecule has 1 fully saturated rings. The Labute approximate surface area is 165 Å². The van der Waals surface area contributed by atoms with Crippen molar-refractivity contribution in [3.05, 3.63) is 35.7 Å². The van der Waals surface area contributed by atoms with Crippen molar-refractivity contribution >= 4 is 5.91 Å². The molecule has 1 aromatic carbocycles. The molecule has 1 aliphatic heterocycles. The van der Waals surface area contributed by atoms with E-state index in [1.54, 1.807) is 7.11 Å². The molecular weight excluding hydrogens is 358 g/mol. The van der Waals surface area contributed by atoms with E-state index in [1.807, 2.05) is 43.0 Å². The number of piperidine rings is 1. The minimum absolute atomic E-state index is 0.0503. The summed E-state index contributed by atoms with van der Waals surface area (Å²) in [6.07, 6.45) is 3.02. The van der Waals surface area contributed by atoms with Gasteiger partial charge in [-0.15, -0.1) is 5.10 Å². The van der Waals surface area contributed by atoms with E-state index in [2.05, 4.69) is 10.2 Å². The number of amides is 1. The third kappa shape index (κ3) is 4.51. The number of carbonyl (C=O) groups excluding carboxylic acids is 1. The third-order valence-corrected chi connectivity index (χ3v) is 5.03. The number of benzene rings is 1. The fraction of sp³-hybridized carbons (Fsp3) is 0.550. The zero-order valence-corrected chi connectivity index (χ0v) is 16.8. The van der Waals surface area contributed by atoms with Crippen LogP contribution in [0.25, 0.3) is 5.69 Å². The summed E-state index contributed by atoms with van der Waals surface area (Å²) < 4.78 is 10.5. The van der Waals surface area contributed by atoms with E-state index in [0.29, 0.717) is 31.1 Å². The predicted octanol–water partition coefficient (Wildman–Crippen LogP) is 1.94. The van der Waals surface area contributed by atoms with E-state index in [4.69, 9.17) is 15.2 Å². The molecule has 2 atom stereocenters. The van der Waals surface area contributed by atoms with E-state index < -0.39 is 0 Å². The summed E-state index contributed by atoms with van der Waals surface area (Å²) in [5.41, 5.74) is 7.87. The molecule has 0 radical (unpaired) electrons. The monoisotopic (exact) mass is 387 g/mol. The van der Waals surface area contributed by atoms with Gasteiger partial charge in [-0.3, -0.25) is 4.79 Å². The summed E-state index contributed by atoms with van der Waals surface area (Å²) in [5.74, 6) is 0.652. The van der Waals surface area contributed by atoms with E-state index in [0.717, 1.165) is 30.7 Å². The molecule has 0 unspecified atom stereocenters. The SMILES string of the molecule is COCCOc1ccc(-n2nc(C)c(C(=O)N3CCCC[C@@H]3[C@H](C)N)n2)cc1. The number of ether oxygens (including phenoxy) is 2. The third-order valence-electron chi connectivity index (χ3n) is 5.03. The molecule has 152 valence electrons. The number of nitrogens with zero attached hydrogens (tertiary/aromatic N) is 4. The summed E-state index contributed by atoms with van der Waals surface area (Å²) >= 11 is 0. The van der Waals surface area contributed by atoms with Crippen molar-refractivity contribution in [1.82, 2.24) is 19.9 Å². The first-order valence-electron chi connectivity index (χ1n) is 9.74. The minimum atomic E-state index is -0.0923. The Kier molecular flexibility index (Phi) is 6.64. The van der Waals surface area contributed by atoms with Crippen molar-refractivity contribution in [2.45, 2.75) is 45.2 Å². The van der Waals surface area contributed by atoms with Gasteiger partial charge in [-0.2, -0.15) is 9.90 Å². The van der Waals surface area contributed by atoms with Gasteiger partial charge < -0.3 is 20.1 Å². The highest BCUT2D eigenvalue weighted by Gasteiger charge is 2.32. The second kappa shape index (κ2) is 9.16. The number of rotatable bonds is 7. The van der Waals surface area contributed by atoms with Gasteiger partial charge in [0, 0.05) is 25.7 Å². The van der Waals surface area contributed by atoms with Crippen LogP contribution in [-0.2, 0) is 4.74 Å². The molecule has 2 heterocycles. The molecule has 1 amide bonds. The summed E-state index contributed by atoms with van der Waals surface area (Å²) in [4.78, 5) is 16.5. The molecule has 1 saturated heterocycles. The molecule has 1 aliphatic rings. The maximum Gasteiger partial charge on any atom is 0.276 e.